The molecule has 0 aliphatic heterocycles. The van der Waals surface area contributed by atoms with Crippen molar-refractivity contribution in [2.24, 2.45) is 0 Å². The third-order valence-electron chi connectivity index (χ3n) is 1.43. The predicted molar refractivity (Wildman–Crippen MR) is 44.9 cm³/mol. The molecule has 0 bridgehead atoms. The van der Waals surface area contributed by atoms with Crippen molar-refractivity contribution in [1.29, 1.82) is 0 Å². The van der Waals surface area contributed by atoms with Crippen LogP contribution in [-0.2, 0) is 0 Å². The lowest BCUT2D eigenvalue weighted by molar-refractivity contribution is 0.592. The Morgan fingerprint density at radius 3 is 2.64 bits per heavy atom. The summed E-state index contributed by atoms with van der Waals surface area (Å²) < 4.78 is 12.7. The van der Waals surface area contributed by atoms with Gasteiger partial charge in [0.15, 0.2) is 0 Å². The van der Waals surface area contributed by atoms with Crippen molar-refractivity contribution in [2.45, 2.75) is 6.82 Å². The van der Waals surface area contributed by atoms with Gasteiger partial charge in [-0.1, -0.05) is 24.5 Å². The van der Waals surface area contributed by atoms with Gasteiger partial charge in [-0.2, -0.15) is 0 Å². The van der Waals surface area contributed by atoms with Gasteiger partial charge in [0.1, 0.15) is 5.82 Å². The quantitative estimate of drug-likeness (QED) is 0.633. The van der Waals surface area contributed by atoms with Gasteiger partial charge < -0.3 is 5.02 Å². The first-order chi connectivity index (χ1) is 5.11. The average molecular weight is 172 g/mol. The maximum absolute atomic E-state index is 12.7. The van der Waals surface area contributed by atoms with E-state index in [0.717, 1.165) is 0 Å². The molecule has 58 valence electrons. The third-order valence-corrected chi connectivity index (χ3v) is 1.73. The zero-order valence-corrected chi connectivity index (χ0v) is 6.77. The number of hydrogen-bond donors (Lipinski definition) is 1. The molecule has 0 atom stereocenters. The molecule has 0 aromatic heterocycles. The highest BCUT2D eigenvalue weighted by Crippen LogP contribution is 2.10. The Morgan fingerprint density at radius 2 is 2.18 bits per heavy atom. The van der Waals surface area contributed by atoms with Crippen molar-refractivity contribution in [2.75, 3.05) is 0 Å². The van der Waals surface area contributed by atoms with Gasteiger partial charge in [-0.25, -0.2) is 4.39 Å². The molecule has 0 heterocycles. The van der Waals surface area contributed by atoms with E-state index in [0.29, 0.717) is 5.46 Å². The second-order valence-corrected chi connectivity index (χ2v) is 2.76. The maximum atomic E-state index is 12.7. The molecule has 1 aromatic carbocycles. The summed E-state index contributed by atoms with van der Waals surface area (Å²) >= 11 is 5.43. The fourth-order valence-corrected chi connectivity index (χ4v) is 0.890. The lowest BCUT2D eigenvalue weighted by atomic mass is 9.64. The van der Waals surface area contributed by atoms with Gasteiger partial charge in [0, 0.05) is 0 Å². The van der Waals surface area contributed by atoms with Crippen molar-refractivity contribution in [3.63, 3.8) is 0 Å². The molecule has 0 aliphatic rings. The van der Waals surface area contributed by atoms with E-state index in [1.54, 1.807) is 12.9 Å². The van der Waals surface area contributed by atoms with Crippen molar-refractivity contribution in [1.82, 2.24) is 0 Å². The molecule has 4 heteroatoms. The second-order valence-electron chi connectivity index (χ2n) is 2.35. The molecular formula is C7H7BClFO. The Bertz CT molecular complexity index is 265. The van der Waals surface area contributed by atoms with E-state index in [4.69, 9.17) is 16.6 Å². The summed E-state index contributed by atoms with van der Waals surface area (Å²) in [5.74, 6) is -0.495. The van der Waals surface area contributed by atoms with Crippen LogP contribution in [0, 0.1) is 5.82 Å². The van der Waals surface area contributed by atoms with Gasteiger partial charge in [0.2, 0.25) is 0 Å². The van der Waals surface area contributed by atoms with Crippen molar-refractivity contribution >= 4 is 24.0 Å². The van der Waals surface area contributed by atoms with E-state index >= 15 is 0 Å². The Labute approximate surface area is 69.9 Å². The normalized spacial score (nSPS) is 9.82. The first-order valence-corrected chi connectivity index (χ1v) is 3.62. The van der Waals surface area contributed by atoms with Crippen molar-refractivity contribution < 1.29 is 9.41 Å². The van der Waals surface area contributed by atoms with Crippen LogP contribution in [0.25, 0.3) is 0 Å². The monoisotopic (exact) mass is 172 g/mol. The van der Waals surface area contributed by atoms with E-state index in [-0.39, 0.29) is 5.02 Å². The molecule has 0 saturated carbocycles. The molecule has 0 aliphatic carbocycles. The lowest BCUT2D eigenvalue weighted by Crippen LogP contribution is -2.26. The van der Waals surface area contributed by atoms with Gasteiger partial charge in [-0.15, -0.1) is 0 Å². The lowest BCUT2D eigenvalue weighted by Gasteiger charge is -2.00. The van der Waals surface area contributed by atoms with Gasteiger partial charge >= 0.3 is 6.92 Å². The fourth-order valence-electron chi connectivity index (χ4n) is 0.772. The van der Waals surface area contributed by atoms with E-state index in [1.807, 2.05) is 0 Å². The number of hydrogen-bond acceptors (Lipinski definition) is 1. The van der Waals surface area contributed by atoms with Crippen LogP contribution < -0.4 is 5.46 Å². The summed E-state index contributed by atoms with van der Waals surface area (Å²) in [7, 11) is 0. The predicted octanol–water partition coefficient (Wildman–Crippen LogP) is 1.30. The highest BCUT2D eigenvalue weighted by atomic mass is 35.5. The molecule has 1 aromatic rings. The molecule has 0 unspecified atom stereocenters. The van der Waals surface area contributed by atoms with Crippen molar-refractivity contribution in [3.05, 3.63) is 29.0 Å². The summed E-state index contributed by atoms with van der Waals surface area (Å²) in [5.41, 5.74) is 0.534. The molecule has 11 heavy (non-hydrogen) atoms. The topological polar surface area (TPSA) is 20.2 Å². The Balaban J connectivity index is 3.05. The van der Waals surface area contributed by atoms with Gasteiger partial charge in [0.25, 0.3) is 0 Å². The molecule has 0 saturated heterocycles. The van der Waals surface area contributed by atoms with E-state index in [2.05, 4.69) is 0 Å². The fraction of sp³-hybridized carbons (Fsp3) is 0.143. The zero-order chi connectivity index (χ0) is 8.43. The Hall–Kier alpha value is -0.535. The van der Waals surface area contributed by atoms with Gasteiger partial charge in [0.05, 0.1) is 5.02 Å². The Morgan fingerprint density at radius 1 is 1.55 bits per heavy atom. The zero-order valence-electron chi connectivity index (χ0n) is 6.01. The largest absolute Gasteiger partial charge is 0.446 e. The molecule has 0 amide bonds. The summed E-state index contributed by atoms with van der Waals surface area (Å²) in [6.07, 6.45) is 0. The third kappa shape index (κ3) is 1.95. The summed E-state index contributed by atoms with van der Waals surface area (Å²) in [6.45, 7) is 0.921. The molecular weight excluding hydrogens is 165 g/mol. The summed E-state index contributed by atoms with van der Waals surface area (Å²) in [5, 5.41) is 9.11. The second kappa shape index (κ2) is 3.24. The maximum Gasteiger partial charge on any atom is 0.320 e. The van der Waals surface area contributed by atoms with E-state index < -0.39 is 12.7 Å². The van der Waals surface area contributed by atoms with Crippen LogP contribution in [0.4, 0.5) is 4.39 Å². The molecule has 1 rings (SSSR count). The molecule has 0 radical (unpaired) electrons. The van der Waals surface area contributed by atoms with Gasteiger partial charge in [-0.05, 0) is 17.6 Å². The number of benzene rings is 1. The highest BCUT2D eigenvalue weighted by molar-refractivity contribution is 6.64. The van der Waals surface area contributed by atoms with Crippen LogP contribution in [0.2, 0.25) is 11.8 Å². The smallest absolute Gasteiger partial charge is 0.320 e. The first kappa shape index (κ1) is 8.56. The molecule has 0 fully saturated rings. The van der Waals surface area contributed by atoms with Crippen LogP contribution in [0.3, 0.4) is 0 Å². The highest BCUT2D eigenvalue weighted by Gasteiger charge is 2.08. The van der Waals surface area contributed by atoms with Crippen LogP contribution in [0.15, 0.2) is 18.2 Å². The SMILES string of the molecule is CB(O)c1ccc(Cl)c(F)c1. The summed E-state index contributed by atoms with van der Waals surface area (Å²) in [6, 6.07) is 4.25. The molecule has 0 spiro atoms. The average Bonchev–Trinajstić information content (AvgIpc) is 1.94. The molecule has 1 N–H and O–H groups in total. The molecule has 1 nitrogen and oxygen atoms in total. The van der Waals surface area contributed by atoms with Gasteiger partial charge in [-0.3, -0.25) is 0 Å². The van der Waals surface area contributed by atoms with Crippen molar-refractivity contribution in [3.8, 4) is 0 Å². The van der Waals surface area contributed by atoms with Crippen LogP contribution in [-0.4, -0.2) is 11.9 Å². The minimum atomic E-state index is -0.651. The minimum Gasteiger partial charge on any atom is -0.446 e. The minimum absolute atomic E-state index is 0.0781. The van der Waals surface area contributed by atoms with E-state index in [1.165, 1.54) is 12.1 Å². The Kier molecular flexibility index (Phi) is 2.52. The first-order valence-electron chi connectivity index (χ1n) is 3.24. The van der Waals surface area contributed by atoms with E-state index in [9.17, 15) is 4.39 Å². The number of rotatable bonds is 1. The standard InChI is InChI=1S/C7H7BClFO/c1-8(11)5-2-3-6(9)7(10)4-5/h2-4,11H,1H3. The van der Waals surface area contributed by atoms with Crippen LogP contribution in [0.1, 0.15) is 0 Å². The van der Waals surface area contributed by atoms with Crippen LogP contribution in [0.5, 0.6) is 0 Å². The van der Waals surface area contributed by atoms with Crippen LogP contribution >= 0.6 is 11.6 Å². The number of halogens is 2. The summed E-state index contributed by atoms with van der Waals surface area (Å²) in [4.78, 5) is 0.